The molecule has 1 aromatic heterocycles. The van der Waals surface area contributed by atoms with E-state index in [4.69, 9.17) is 0 Å². The maximum absolute atomic E-state index is 12.4. The Morgan fingerprint density at radius 3 is 2.14 bits per heavy atom. The highest BCUT2D eigenvalue weighted by Crippen LogP contribution is 2.29. The van der Waals surface area contributed by atoms with Crippen molar-refractivity contribution in [3.8, 4) is 0 Å². The van der Waals surface area contributed by atoms with Gasteiger partial charge in [0.2, 0.25) is 0 Å². The van der Waals surface area contributed by atoms with Crippen LogP contribution in [0, 0.1) is 0 Å². The molecule has 0 bridgehead atoms. The van der Waals surface area contributed by atoms with Crippen molar-refractivity contribution >= 4 is 31.8 Å². The number of hydrogen-bond acceptors (Lipinski definition) is 4. The Bertz CT molecular complexity index is 731. The molecule has 2 aromatic rings. The second kappa shape index (κ2) is 5.60. The van der Waals surface area contributed by atoms with Crippen LogP contribution in [0.3, 0.4) is 0 Å². The van der Waals surface area contributed by atoms with Crippen LogP contribution < -0.4 is 4.72 Å². The number of sulfonamides is 1. The first kappa shape index (κ1) is 15.7. The number of alkyl halides is 3. The van der Waals surface area contributed by atoms with E-state index in [9.17, 15) is 21.6 Å². The number of nitrogens with zero attached hydrogens (tertiary/aromatic N) is 2. The molecular weight excluding hydrogens is 375 g/mol. The molecule has 21 heavy (non-hydrogen) atoms. The molecule has 2 rings (SSSR count). The van der Waals surface area contributed by atoms with Gasteiger partial charge >= 0.3 is 6.18 Å². The average Bonchev–Trinajstić information content (AvgIpc) is 2.40. The second-order valence-electron chi connectivity index (χ2n) is 3.85. The Morgan fingerprint density at radius 2 is 1.67 bits per heavy atom. The predicted octanol–water partition coefficient (Wildman–Crippen LogP) is 3.06. The molecule has 0 saturated carbocycles. The van der Waals surface area contributed by atoms with Crippen molar-refractivity contribution in [2.75, 3.05) is 4.72 Å². The quantitative estimate of drug-likeness (QED) is 0.886. The van der Waals surface area contributed by atoms with Crippen molar-refractivity contribution in [2.24, 2.45) is 0 Å². The third kappa shape index (κ3) is 3.91. The van der Waals surface area contributed by atoms with Crippen LogP contribution in [0.4, 0.5) is 19.0 Å². The summed E-state index contributed by atoms with van der Waals surface area (Å²) in [6, 6.07) is 3.14. The Labute approximate surface area is 126 Å². The normalized spacial score (nSPS) is 12.2. The Kier molecular flexibility index (Phi) is 4.19. The van der Waals surface area contributed by atoms with E-state index < -0.39 is 21.8 Å². The van der Waals surface area contributed by atoms with Crippen LogP contribution in [0.1, 0.15) is 5.56 Å². The largest absolute Gasteiger partial charge is 0.416 e. The minimum absolute atomic E-state index is 0.0434. The second-order valence-corrected chi connectivity index (χ2v) is 6.35. The van der Waals surface area contributed by atoms with Gasteiger partial charge in [0.05, 0.1) is 22.9 Å². The summed E-state index contributed by atoms with van der Waals surface area (Å²) in [5.74, 6) is -0.0434. The summed E-state index contributed by atoms with van der Waals surface area (Å²) in [4.78, 5) is 7.24. The highest BCUT2D eigenvalue weighted by molar-refractivity contribution is 9.10. The van der Waals surface area contributed by atoms with Crippen LogP contribution in [-0.2, 0) is 16.2 Å². The van der Waals surface area contributed by atoms with Crippen molar-refractivity contribution in [3.63, 3.8) is 0 Å². The molecule has 0 radical (unpaired) electrons. The summed E-state index contributed by atoms with van der Waals surface area (Å²) in [7, 11) is -4.02. The van der Waals surface area contributed by atoms with Gasteiger partial charge in [-0.15, -0.1) is 0 Å². The monoisotopic (exact) mass is 381 g/mol. The molecule has 0 aliphatic heterocycles. The molecule has 0 aliphatic carbocycles. The van der Waals surface area contributed by atoms with Crippen molar-refractivity contribution in [1.82, 2.24) is 9.97 Å². The summed E-state index contributed by atoms with van der Waals surface area (Å²) in [6.07, 6.45) is -2.07. The van der Waals surface area contributed by atoms with E-state index in [2.05, 4.69) is 30.6 Å². The molecule has 1 N–H and O–H groups in total. The average molecular weight is 382 g/mol. The lowest BCUT2D eigenvalue weighted by Gasteiger charge is -2.09. The van der Waals surface area contributed by atoms with E-state index in [1.165, 1.54) is 12.4 Å². The first-order chi connectivity index (χ1) is 9.68. The Morgan fingerprint density at radius 1 is 1.05 bits per heavy atom. The minimum Gasteiger partial charge on any atom is -0.262 e. The lowest BCUT2D eigenvalue weighted by molar-refractivity contribution is -0.137. The maximum atomic E-state index is 12.4. The number of rotatable bonds is 3. The van der Waals surface area contributed by atoms with Gasteiger partial charge in [0, 0.05) is 0 Å². The van der Waals surface area contributed by atoms with Gasteiger partial charge in [0.1, 0.15) is 4.60 Å². The lowest BCUT2D eigenvalue weighted by atomic mass is 10.2. The molecule has 1 heterocycles. The van der Waals surface area contributed by atoms with Crippen molar-refractivity contribution < 1.29 is 21.6 Å². The summed E-state index contributed by atoms with van der Waals surface area (Å²) >= 11 is 3.04. The molecule has 0 amide bonds. The van der Waals surface area contributed by atoms with E-state index in [1.807, 2.05) is 0 Å². The van der Waals surface area contributed by atoms with Crippen LogP contribution in [0.5, 0.6) is 0 Å². The van der Waals surface area contributed by atoms with Crippen LogP contribution in [0.2, 0.25) is 0 Å². The number of halogens is 4. The molecule has 0 aliphatic rings. The molecule has 0 atom stereocenters. The summed E-state index contributed by atoms with van der Waals surface area (Å²) in [5, 5.41) is 0. The third-order valence-electron chi connectivity index (χ3n) is 2.35. The summed E-state index contributed by atoms with van der Waals surface area (Å²) < 4.78 is 63.7. The highest BCUT2D eigenvalue weighted by Gasteiger charge is 2.30. The zero-order valence-electron chi connectivity index (χ0n) is 10.1. The minimum atomic E-state index is -4.52. The standard InChI is InChI=1S/C11H7BrF3N3O2S/c12-9-5-17-10(6-16-9)18-21(19,20)8-3-1-7(2-4-8)11(13,14)15/h1-6H,(H,17,18). The first-order valence-corrected chi connectivity index (χ1v) is 7.64. The summed E-state index contributed by atoms with van der Waals surface area (Å²) in [6.45, 7) is 0. The van der Waals surface area contributed by atoms with Crippen LogP contribution >= 0.6 is 15.9 Å². The number of nitrogens with one attached hydrogen (secondary N) is 1. The van der Waals surface area contributed by atoms with E-state index in [-0.39, 0.29) is 10.7 Å². The van der Waals surface area contributed by atoms with E-state index in [1.54, 1.807) is 0 Å². The van der Waals surface area contributed by atoms with E-state index in [0.717, 1.165) is 12.1 Å². The Balaban J connectivity index is 2.25. The SMILES string of the molecule is O=S(=O)(Nc1cnc(Br)cn1)c1ccc(C(F)(F)F)cc1. The number of aromatic nitrogens is 2. The zero-order valence-corrected chi connectivity index (χ0v) is 12.5. The van der Waals surface area contributed by atoms with E-state index in [0.29, 0.717) is 16.7 Å². The van der Waals surface area contributed by atoms with Crippen LogP contribution in [0.15, 0.2) is 46.2 Å². The van der Waals surface area contributed by atoms with Gasteiger partial charge in [-0.1, -0.05) is 0 Å². The van der Waals surface area contributed by atoms with Gasteiger partial charge in [-0.2, -0.15) is 13.2 Å². The molecule has 0 spiro atoms. The van der Waals surface area contributed by atoms with Gasteiger partial charge in [-0.3, -0.25) is 4.72 Å². The van der Waals surface area contributed by atoms with E-state index >= 15 is 0 Å². The predicted molar refractivity (Wildman–Crippen MR) is 72.0 cm³/mol. The molecule has 5 nitrogen and oxygen atoms in total. The fourth-order valence-corrected chi connectivity index (χ4v) is 2.58. The topological polar surface area (TPSA) is 72.0 Å². The fourth-order valence-electron chi connectivity index (χ4n) is 1.38. The highest BCUT2D eigenvalue weighted by atomic mass is 79.9. The molecule has 0 fully saturated rings. The van der Waals surface area contributed by atoms with Gasteiger partial charge in [-0.05, 0) is 40.2 Å². The van der Waals surface area contributed by atoms with Gasteiger partial charge in [-0.25, -0.2) is 18.4 Å². The number of benzene rings is 1. The molecule has 1 aromatic carbocycles. The maximum Gasteiger partial charge on any atom is 0.416 e. The van der Waals surface area contributed by atoms with Crippen molar-refractivity contribution in [3.05, 3.63) is 46.8 Å². The lowest BCUT2D eigenvalue weighted by Crippen LogP contribution is -2.14. The Hall–Kier alpha value is -1.68. The van der Waals surface area contributed by atoms with Crippen molar-refractivity contribution in [2.45, 2.75) is 11.1 Å². The summed E-state index contributed by atoms with van der Waals surface area (Å²) in [5.41, 5.74) is -0.926. The molecule has 10 heteroatoms. The zero-order chi connectivity index (χ0) is 15.7. The van der Waals surface area contributed by atoms with Gasteiger partial charge in [0.15, 0.2) is 5.82 Å². The molecular formula is C11H7BrF3N3O2S. The first-order valence-electron chi connectivity index (χ1n) is 5.36. The van der Waals surface area contributed by atoms with Gasteiger partial charge in [0.25, 0.3) is 10.0 Å². The van der Waals surface area contributed by atoms with Crippen molar-refractivity contribution in [1.29, 1.82) is 0 Å². The third-order valence-corrected chi connectivity index (χ3v) is 4.13. The molecule has 0 unspecified atom stereocenters. The fraction of sp³-hybridized carbons (Fsp3) is 0.0909. The number of anilines is 1. The van der Waals surface area contributed by atoms with Gasteiger partial charge < -0.3 is 0 Å². The number of hydrogen-bond donors (Lipinski definition) is 1. The van der Waals surface area contributed by atoms with Crippen LogP contribution in [-0.4, -0.2) is 18.4 Å². The van der Waals surface area contributed by atoms with Crippen LogP contribution in [0.25, 0.3) is 0 Å². The molecule has 0 saturated heterocycles. The smallest absolute Gasteiger partial charge is 0.262 e. The molecule has 112 valence electrons.